The maximum atomic E-state index is 11.8. The molecule has 0 radical (unpaired) electrons. The number of rotatable bonds is 5. The largest absolute Gasteiger partial charge is 0.466 e. The Balaban J connectivity index is 2.68. The number of hydrogen-bond donors (Lipinski definition) is 0. The van der Waals surface area contributed by atoms with Gasteiger partial charge in [0.25, 0.3) is 0 Å². The molecule has 3 atom stereocenters. The molecule has 4 nitrogen and oxygen atoms in total. The molecular weight excluding hydrogens is 220 g/mol. The van der Waals surface area contributed by atoms with Gasteiger partial charge in [0.05, 0.1) is 24.7 Å². The number of carbonyl (C=O) groups is 2. The number of aldehydes is 1. The Morgan fingerprint density at radius 2 is 2.00 bits per heavy atom. The number of hydrogen-bond acceptors (Lipinski definition) is 4. The summed E-state index contributed by atoms with van der Waals surface area (Å²) in [6.07, 6.45) is 3.00. The average molecular weight is 242 g/mol. The molecule has 0 amide bonds. The highest BCUT2D eigenvalue weighted by Crippen LogP contribution is 2.32. The van der Waals surface area contributed by atoms with Gasteiger partial charge in [0.15, 0.2) is 0 Å². The highest BCUT2D eigenvalue weighted by atomic mass is 16.5. The summed E-state index contributed by atoms with van der Waals surface area (Å²) >= 11 is 0. The molecule has 0 saturated carbocycles. The highest BCUT2D eigenvalue weighted by molar-refractivity contribution is 5.75. The van der Waals surface area contributed by atoms with E-state index in [1.807, 2.05) is 13.8 Å². The first-order valence-corrected chi connectivity index (χ1v) is 6.34. The lowest BCUT2D eigenvalue weighted by molar-refractivity contribution is -0.154. The Kier molecular flexibility index (Phi) is 5.62. The van der Waals surface area contributed by atoms with E-state index in [4.69, 9.17) is 9.47 Å². The van der Waals surface area contributed by atoms with Crippen molar-refractivity contribution in [1.82, 2.24) is 0 Å². The zero-order chi connectivity index (χ0) is 12.8. The van der Waals surface area contributed by atoms with Gasteiger partial charge in [0.2, 0.25) is 0 Å². The second-order valence-corrected chi connectivity index (χ2v) is 4.75. The lowest BCUT2D eigenvalue weighted by Crippen LogP contribution is -2.36. The van der Waals surface area contributed by atoms with E-state index in [-0.39, 0.29) is 36.4 Å². The summed E-state index contributed by atoms with van der Waals surface area (Å²) in [5, 5.41) is 0. The molecule has 0 aromatic rings. The first-order chi connectivity index (χ1) is 8.08. The number of carbonyl (C=O) groups excluding carboxylic acids is 2. The van der Waals surface area contributed by atoms with E-state index >= 15 is 0 Å². The van der Waals surface area contributed by atoms with E-state index in [9.17, 15) is 9.59 Å². The summed E-state index contributed by atoms with van der Waals surface area (Å²) in [4.78, 5) is 22.5. The van der Waals surface area contributed by atoms with Gasteiger partial charge in [0, 0.05) is 6.42 Å². The minimum atomic E-state index is -0.304. The molecule has 0 bridgehead atoms. The Hall–Kier alpha value is -0.900. The predicted octanol–water partition coefficient (Wildman–Crippen LogP) is 1.96. The van der Waals surface area contributed by atoms with Gasteiger partial charge in [-0.2, -0.15) is 0 Å². The SMILES string of the molecule is CCOC(=O)[C@@H](CC=O)C1C[C@@H](C)O[C@H](C)C1. The van der Waals surface area contributed by atoms with Crippen molar-refractivity contribution in [3.63, 3.8) is 0 Å². The van der Waals surface area contributed by atoms with Crippen LogP contribution in [0.15, 0.2) is 0 Å². The molecule has 1 rings (SSSR count). The first-order valence-electron chi connectivity index (χ1n) is 6.34. The summed E-state index contributed by atoms with van der Waals surface area (Å²) in [5.74, 6) is -0.356. The van der Waals surface area contributed by atoms with Gasteiger partial charge in [0.1, 0.15) is 6.29 Å². The molecule has 0 aromatic carbocycles. The van der Waals surface area contributed by atoms with Crippen LogP contribution in [-0.4, -0.2) is 31.1 Å². The van der Waals surface area contributed by atoms with E-state index in [2.05, 4.69) is 0 Å². The van der Waals surface area contributed by atoms with Crippen LogP contribution in [0.1, 0.15) is 40.0 Å². The van der Waals surface area contributed by atoms with Crippen molar-refractivity contribution in [2.45, 2.75) is 52.2 Å². The van der Waals surface area contributed by atoms with Crippen molar-refractivity contribution in [2.75, 3.05) is 6.61 Å². The van der Waals surface area contributed by atoms with Crippen LogP contribution in [0, 0.1) is 11.8 Å². The van der Waals surface area contributed by atoms with E-state index in [0.717, 1.165) is 19.1 Å². The lowest BCUT2D eigenvalue weighted by Gasteiger charge is -2.35. The van der Waals surface area contributed by atoms with Crippen LogP contribution < -0.4 is 0 Å². The molecule has 1 aliphatic heterocycles. The van der Waals surface area contributed by atoms with Gasteiger partial charge in [-0.05, 0) is 39.5 Å². The van der Waals surface area contributed by atoms with E-state index < -0.39 is 0 Å². The Bertz CT molecular complexity index is 254. The maximum absolute atomic E-state index is 11.8. The second kappa shape index (κ2) is 6.74. The maximum Gasteiger partial charge on any atom is 0.309 e. The molecule has 1 saturated heterocycles. The number of ether oxygens (including phenoxy) is 2. The molecule has 17 heavy (non-hydrogen) atoms. The first kappa shape index (κ1) is 14.2. The van der Waals surface area contributed by atoms with Crippen molar-refractivity contribution in [3.05, 3.63) is 0 Å². The Labute approximate surface area is 103 Å². The van der Waals surface area contributed by atoms with Gasteiger partial charge in [-0.1, -0.05) is 0 Å². The van der Waals surface area contributed by atoms with Gasteiger partial charge in [-0.3, -0.25) is 4.79 Å². The van der Waals surface area contributed by atoms with Gasteiger partial charge in [-0.25, -0.2) is 0 Å². The van der Waals surface area contributed by atoms with Gasteiger partial charge in [-0.15, -0.1) is 0 Å². The fraction of sp³-hybridized carbons (Fsp3) is 0.846. The molecule has 0 N–H and O–H groups in total. The Morgan fingerprint density at radius 3 is 2.47 bits per heavy atom. The third-order valence-electron chi connectivity index (χ3n) is 3.24. The monoisotopic (exact) mass is 242 g/mol. The van der Waals surface area contributed by atoms with Gasteiger partial charge >= 0.3 is 5.97 Å². The molecule has 0 spiro atoms. The molecular formula is C13H22O4. The molecule has 0 aromatic heterocycles. The van der Waals surface area contributed by atoms with Crippen molar-refractivity contribution in [3.8, 4) is 0 Å². The third kappa shape index (κ3) is 4.11. The van der Waals surface area contributed by atoms with Crippen LogP contribution in [0.4, 0.5) is 0 Å². The van der Waals surface area contributed by atoms with Crippen LogP contribution in [0.25, 0.3) is 0 Å². The standard InChI is InChI=1S/C13H22O4/c1-4-16-13(15)12(5-6-14)11-7-9(2)17-10(3)8-11/h6,9-12H,4-5,7-8H2,1-3H3/t9-,10-,12+/m1/s1. The van der Waals surface area contributed by atoms with Crippen LogP contribution in [-0.2, 0) is 19.1 Å². The molecule has 1 aliphatic rings. The zero-order valence-electron chi connectivity index (χ0n) is 10.8. The van der Waals surface area contributed by atoms with Crippen molar-refractivity contribution >= 4 is 12.3 Å². The topological polar surface area (TPSA) is 52.6 Å². The zero-order valence-corrected chi connectivity index (χ0v) is 10.8. The fourth-order valence-electron chi connectivity index (χ4n) is 2.62. The Morgan fingerprint density at radius 1 is 1.41 bits per heavy atom. The van der Waals surface area contributed by atoms with E-state index in [0.29, 0.717) is 6.61 Å². The number of esters is 1. The average Bonchev–Trinajstić information content (AvgIpc) is 2.24. The normalized spacial score (nSPS) is 30.6. The van der Waals surface area contributed by atoms with Gasteiger partial charge < -0.3 is 14.3 Å². The smallest absolute Gasteiger partial charge is 0.309 e. The quantitative estimate of drug-likeness (QED) is 0.546. The summed E-state index contributed by atoms with van der Waals surface area (Å²) in [5.41, 5.74) is 0. The van der Waals surface area contributed by atoms with E-state index in [1.54, 1.807) is 6.92 Å². The molecule has 0 aliphatic carbocycles. The lowest BCUT2D eigenvalue weighted by atomic mass is 9.80. The van der Waals surface area contributed by atoms with Crippen molar-refractivity contribution in [1.29, 1.82) is 0 Å². The minimum absolute atomic E-state index is 0.146. The van der Waals surface area contributed by atoms with Crippen molar-refractivity contribution < 1.29 is 19.1 Å². The molecule has 4 heteroatoms. The van der Waals surface area contributed by atoms with E-state index in [1.165, 1.54) is 0 Å². The molecule has 0 unspecified atom stereocenters. The summed E-state index contributed by atoms with van der Waals surface area (Å²) in [6, 6.07) is 0. The highest BCUT2D eigenvalue weighted by Gasteiger charge is 2.35. The molecule has 1 heterocycles. The third-order valence-corrected chi connectivity index (χ3v) is 3.24. The van der Waals surface area contributed by atoms with Crippen LogP contribution in [0.3, 0.4) is 0 Å². The van der Waals surface area contributed by atoms with Crippen LogP contribution >= 0.6 is 0 Å². The molecule has 98 valence electrons. The predicted molar refractivity (Wildman–Crippen MR) is 63.5 cm³/mol. The van der Waals surface area contributed by atoms with Crippen LogP contribution in [0.5, 0.6) is 0 Å². The summed E-state index contributed by atoms with van der Waals surface area (Å²) in [6.45, 7) is 6.16. The minimum Gasteiger partial charge on any atom is -0.466 e. The summed E-state index contributed by atoms with van der Waals surface area (Å²) < 4.78 is 10.7. The molecule has 1 fully saturated rings. The summed E-state index contributed by atoms with van der Waals surface area (Å²) in [7, 11) is 0. The van der Waals surface area contributed by atoms with Crippen molar-refractivity contribution in [2.24, 2.45) is 11.8 Å². The van der Waals surface area contributed by atoms with Crippen LogP contribution in [0.2, 0.25) is 0 Å². The second-order valence-electron chi connectivity index (χ2n) is 4.75. The fourth-order valence-corrected chi connectivity index (χ4v) is 2.62.